The summed E-state index contributed by atoms with van der Waals surface area (Å²) in [5.41, 5.74) is 4.42. The zero-order valence-corrected chi connectivity index (χ0v) is 12.7. The first-order valence-corrected chi connectivity index (χ1v) is 7.21. The summed E-state index contributed by atoms with van der Waals surface area (Å²) >= 11 is 0. The molecule has 0 aliphatic rings. The van der Waals surface area contributed by atoms with Gasteiger partial charge in [0, 0.05) is 12.1 Å². The highest BCUT2D eigenvalue weighted by molar-refractivity contribution is 5.32. The summed E-state index contributed by atoms with van der Waals surface area (Å²) in [6.07, 6.45) is 0.601. The fourth-order valence-electron chi connectivity index (χ4n) is 2.52. The maximum Gasteiger partial charge on any atom is 0.126 e. The molecule has 112 valence electrons. The fraction of sp³-hybridized carbons (Fsp3) is 0.333. The molecule has 1 nitrogen and oxygen atoms in total. The highest BCUT2D eigenvalue weighted by Gasteiger charge is 2.08. The molecule has 0 bridgehead atoms. The number of nitrogens with one attached hydrogen (secondary N) is 1. The van der Waals surface area contributed by atoms with Crippen molar-refractivity contribution in [1.29, 1.82) is 0 Å². The first kappa shape index (κ1) is 15.6. The molecular weight excluding hydrogens is 268 g/mol. The van der Waals surface area contributed by atoms with Crippen molar-refractivity contribution in [3.05, 3.63) is 70.3 Å². The summed E-state index contributed by atoms with van der Waals surface area (Å²) in [5, 5.41) is 3.41. The number of benzene rings is 2. The molecule has 2 aromatic carbocycles. The average Bonchev–Trinajstić information content (AvgIpc) is 2.40. The molecule has 0 saturated heterocycles. The van der Waals surface area contributed by atoms with Crippen LogP contribution in [-0.4, -0.2) is 6.54 Å². The highest BCUT2D eigenvalue weighted by atomic mass is 19.1. The molecule has 0 spiro atoms. The van der Waals surface area contributed by atoms with Gasteiger partial charge in [-0.25, -0.2) is 8.78 Å². The van der Waals surface area contributed by atoms with E-state index in [0.29, 0.717) is 18.5 Å². The van der Waals surface area contributed by atoms with Crippen molar-refractivity contribution >= 4 is 0 Å². The average molecular weight is 289 g/mol. The van der Waals surface area contributed by atoms with E-state index in [1.54, 1.807) is 0 Å². The van der Waals surface area contributed by atoms with Gasteiger partial charge in [-0.05, 0) is 62.6 Å². The first-order valence-electron chi connectivity index (χ1n) is 7.21. The van der Waals surface area contributed by atoms with Crippen molar-refractivity contribution in [2.45, 2.75) is 33.2 Å². The number of hydrogen-bond acceptors (Lipinski definition) is 1. The largest absolute Gasteiger partial charge is 0.310 e. The third-order valence-electron chi connectivity index (χ3n) is 3.69. The van der Waals surface area contributed by atoms with Crippen LogP contribution < -0.4 is 5.32 Å². The van der Waals surface area contributed by atoms with Gasteiger partial charge in [-0.2, -0.15) is 0 Å². The Labute approximate surface area is 125 Å². The van der Waals surface area contributed by atoms with Crippen molar-refractivity contribution in [2.24, 2.45) is 0 Å². The first-order chi connectivity index (χ1) is 9.95. The topological polar surface area (TPSA) is 12.0 Å². The van der Waals surface area contributed by atoms with Crippen LogP contribution in [-0.2, 0) is 6.42 Å². The molecule has 1 unspecified atom stereocenters. The molecule has 0 aromatic heterocycles. The number of halogens is 2. The van der Waals surface area contributed by atoms with Crippen molar-refractivity contribution in [2.75, 3.05) is 6.54 Å². The minimum atomic E-state index is -0.521. The van der Waals surface area contributed by atoms with Gasteiger partial charge in [0.05, 0.1) is 0 Å². The van der Waals surface area contributed by atoms with Crippen LogP contribution in [0.15, 0.2) is 36.4 Å². The number of aryl methyl sites for hydroxylation is 2. The van der Waals surface area contributed by atoms with Crippen LogP contribution in [0.4, 0.5) is 8.78 Å². The van der Waals surface area contributed by atoms with Gasteiger partial charge in [-0.3, -0.25) is 0 Å². The van der Waals surface area contributed by atoms with Crippen LogP contribution in [0.5, 0.6) is 0 Å². The van der Waals surface area contributed by atoms with E-state index in [2.05, 4.69) is 44.3 Å². The molecule has 2 aromatic rings. The standard InChI is InChI=1S/C18H21F2N/c1-12-4-5-13(2)18(8-12)14(3)21-7-6-15-9-16(19)11-17(20)10-15/h4-5,8-11,14,21H,6-7H2,1-3H3. The lowest BCUT2D eigenvalue weighted by Gasteiger charge is -2.17. The predicted octanol–water partition coefficient (Wildman–Crippen LogP) is 4.47. The minimum absolute atomic E-state index is 0.211. The quantitative estimate of drug-likeness (QED) is 0.856. The molecule has 3 heteroatoms. The molecule has 0 aliphatic carbocycles. The maximum absolute atomic E-state index is 13.1. The van der Waals surface area contributed by atoms with Crippen LogP contribution in [0.3, 0.4) is 0 Å². The lowest BCUT2D eigenvalue weighted by molar-refractivity contribution is 0.562. The van der Waals surface area contributed by atoms with Gasteiger partial charge in [0.2, 0.25) is 0 Å². The molecule has 21 heavy (non-hydrogen) atoms. The minimum Gasteiger partial charge on any atom is -0.310 e. The smallest absolute Gasteiger partial charge is 0.126 e. The normalized spacial score (nSPS) is 12.4. The molecule has 2 rings (SSSR count). The van der Waals surface area contributed by atoms with E-state index in [1.807, 2.05) is 0 Å². The summed E-state index contributed by atoms with van der Waals surface area (Å²) in [7, 11) is 0. The highest BCUT2D eigenvalue weighted by Crippen LogP contribution is 2.19. The summed E-state index contributed by atoms with van der Waals surface area (Å²) in [6, 6.07) is 10.3. The van der Waals surface area contributed by atoms with Crippen LogP contribution >= 0.6 is 0 Å². The SMILES string of the molecule is Cc1ccc(C)c(C(C)NCCc2cc(F)cc(F)c2)c1. The van der Waals surface area contributed by atoms with Gasteiger partial charge < -0.3 is 5.32 Å². The molecule has 0 heterocycles. The summed E-state index contributed by atoms with van der Waals surface area (Å²) in [5.74, 6) is -1.04. The van der Waals surface area contributed by atoms with Gasteiger partial charge in [0.1, 0.15) is 11.6 Å². The zero-order chi connectivity index (χ0) is 15.4. The van der Waals surface area contributed by atoms with E-state index < -0.39 is 11.6 Å². The van der Waals surface area contributed by atoms with Gasteiger partial charge in [0.25, 0.3) is 0 Å². The Hall–Kier alpha value is -1.74. The molecule has 0 amide bonds. The van der Waals surface area contributed by atoms with Crippen LogP contribution in [0.25, 0.3) is 0 Å². The Morgan fingerprint density at radius 3 is 2.33 bits per heavy atom. The molecule has 0 fully saturated rings. The Bertz CT molecular complexity index is 602. The van der Waals surface area contributed by atoms with Crippen LogP contribution in [0, 0.1) is 25.5 Å². The third kappa shape index (κ3) is 4.36. The van der Waals surface area contributed by atoms with Crippen molar-refractivity contribution in [3.63, 3.8) is 0 Å². The second-order valence-corrected chi connectivity index (χ2v) is 5.56. The summed E-state index contributed by atoms with van der Waals surface area (Å²) < 4.78 is 26.2. The Morgan fingerprint density at radius 2 is 1.67 bits per heavy atom. The Balaban J connectivity index is 1.95. The zero-order valence-electron chi connectivity index (χ0n) is 12.7. The van der Waals surface area contributed by atoms with Crippen molar-refractivity contribution < 1.29 is 8.78 Å². The predicted molar refractivity (Wildman–Crippen MR) is 82.4 cm³/mol. The lowest BCUT2D eigenvalue weighted by atomic mass is 10.00. The third-order valence-corrected chi connectivity index (χ3v) is 3.69. The molecule has 0 aliphatic heterocycles. The van der Waals surface area contributed by atoms with E-state index in [9.17, 15) is 8.78 Å². The molecule has 1 N–H and O–H groups in total. The van der Waals surface area contributed by atoms with E-state index in [1.165, 1.54) is 28.8 Å². The number of hydrogen-bond donors (Lipinski definition) is 1. The summed E-state index contributed by atoms with van der Waals surface area (Å²) in [4.78, 5) is 0. The molecule has 0 radical (unpaired) electrons. The van der Waals surface area contributed by atoms with Crippen LogP contribution in [0.1, 0.15) is 35.2 Å². The Morgan fingerprint density at radius 1 is 1.00 bits per heavy atom. The van der Waals surface area contributed by atoms with Gasteiger partial charge in [-0.15, -0.1) is 0 Å². The van der Waals surface area contributed by atoms with Gasteiger partial charge in [0.15, 0.2) is 0 Å². The maximum atomic E-state index is 13.1. The van der Waals surface area contributed by atoms with E-state index in [0.717, 1.165) is 6.07 Å². The van der Waals surface area contributed by atoms with Crippen LogP contribution in [0.2, 0.25) is 0 Å². The van der Waals surface area contributed by atoms with E-state index in [4.69, 9.17) is 0 Å². The molecular formula is C18H21F2N. The van der Waals surface area contributed by atoms with E-state index in [-0.39, 0.29) is 6.04 Å². The second-order valence-electron chi connectivity index (χ2n) is 5.56. The van der Waals surface area contributed by atoms with Gasteiger partial charge in [-0.1, -0.05) is 23.8 Å². The molecule has 0 saturated carbocycles. The lowest BCUT2D eigenvalue weighted by Crippen LogP contribution is -2.22. The molecule has 1 atom stereocenters. The van der Waals surface area contributed by atoms with Gasteiger partial charge >= 0.3 is 0 Å². The Kier molecular flexibility index (Phi) is 5.07. The number of rotatable bonds is 5. The fourth-order valence-corrected chi connectivity index (χ4v) is 2.52. The van der Waals surface area contributed by atoms with Crippen molar-refractivity contribution in [3.8, 4) is 0 Å². The monoisotopic (exact) mass is 289 g/mol. The second kappa shape index (κ2) is 6.81. The summed E-state index contributed by atoms with van der Waals surface area (Å²) in [6.45, 7) is 6.95. The van der Waals surface area contributed by atoms with Crippen molar-refractivity contribution in [1.82, 2.24) is 5.32 Å². The van der Waals surface area contributed by atoms with E-state index >= 15 is 0 Å².